The number of pyridine rings is 1. The molecule has 4 nitrogen and oxygen atoms in total. The van der Waals surface area contributed by atoms with E-state index in [1.807, 2.05) is 18.2 Å². The molecule has 1 saturated heterocycles. The van der Waals surface area contributed by atoms with Gasteiger partial charge in [0, 0.05) is 25.5 Å². The van der Waals surface area contributed by atoms with Crippen molar-refractivity contribution in [3.05, 3.63) is 65.7 Å². The van der Waals surface area contributed by atoms with E-state index in [9.17, 15) is 9.18 Å². The third kappa shape index (κ3) is 4.38. The summed E-state index contributed by atoms with van der Waals surface area (Å²) in [6.45, 7) is 2.02. The van der Waals surface area contributed by atoms with E-state index in [-0.39, 0.29) is 17.8 Å². The Morgan fingerprint density at radius 1 is 1.21 bits per heavy atom. The van der Waals surface area contributed by atoms with Crippen molar-refractivity contribution in [1.29, 1.82) is 0 Å². The molecule has 1 aliphatic rings. The van der Waals surface area contributed by atoms with Gasteiger partial charge in [-0.1, -0.05) is 18.6 Å². The van der Waals surface area contributed by atoms with E-state index < -0.39 is 0 Å². The first-order valence-corrected chi connectivity index (χ1v) is 8.37. The first kappa shape index (κ1) is 16.6. The Hall–Kier alpha value is -2.27. The van der Waals surface area contributed by atoms with Gasteiger partial charge in [0.05, 0.1) is 6.04 Å². The smallest absolute Gasteiger partial charge is 0.237 e. The van der Waals surface area contributed by atoms with Crippen LogP contribution in [0.25, 0.3) is 0 Å². The van der Waals surface area contributed by atoms with E-state index in [4.69, 9.17) is 0 Å². The molecule has 0 unspecified atom stereocenters. The van der Waals surface area contributed by atoms with E-state index in [0.717, 1.165) is 43.5 Å². The minimum Gasteiger partial charge on any atom is -0.351 e. The number of halogens is 1. The maximum Gasteiger partial charge on any atom is 0.237 e. The fourth-order valence-corrected chi connectivity index (χ4v) is 3.15. The van der Waals surface area contributed by atoms with Crippen molar-refractivity contribution >= 4 is 5.91 Å². The molecule has 1 aromatic heterocycles. The molecule has 1 amide bonds. The van der Waals surface area contributed by atoms with Crippen molar-refractivity contribution in [2.75, 3.05) is 6.54 Å². The van der Waals surface area contributed by atoms with E-state index in [1.54, 1.807) is 18.5 Å². The molecule has 0 radical (unpaired) electrons. The van der Waals surface area contributed by atoms with Crippen LogP contribution in [0, 0.1) is 5.82 Å². The molecule has 3 rings (SSSR count). The zero-order valence-corrected chi connectivity index (χ0v) is 13.6. The average Bonchev–Trinajstić information content (AvgIpc) is 2.61. The fourth-order valence-electron chi connectivity index (χ4n) is 3.15. The zero-order chi connectivity index (χ0) is 16.8. The summed E-state index contributed by atoms with van der Waals surface area (Å²) >= 11 is 0. The molecule has 0 aliphatic carbocycles. The molecule has 1 aliphatic heterocycles. The summed E-state index contributed by atoms with van der Waals surface area (Å²) in [4.78, 5) is 18.9. The number of nitrogens with one attached hydrogen (secondary N) is 1. The summed E-state index contributed by atoms with van der Waals surface area (Å²) in [7, 11) is 0. The van der Waals surface area contributed by atoms with E-state index in [2.05, 4.69) is 15.2 Å². The van der Waals surface area contributed by atoms with Gasteiger partial charge in [0.15, 0.2) is 0 Å². The quantitative estimate of drug-likeness (QED) is 0.918. The third-order valence-electron chi connectivity index (χ3n) is 4.41. The van der Waals surface area contributed by atoms with Gasteiger partial charge < -0.3 is 5.32 Å². The molecule has 0 bridgehead atoms. The second-order valence-corrected chi connectivity index (χ2v) is 6.19. The highest BCUT2D eigenvalue weighted by molar-refractivity contribution is 5.81. The highest BCUT2D eigenvalue weighted by Gasteiger charge is 2.28. The summed E-state index contributed by atoms with van der Waals surface area (Å²) in [5.41, 5.74) is 1.94. The first-order chi connectivity index (χ1) is 11.7. The van der Waals surface area contributed by atoms with Gasteiger partial charge in [-0.15, -0.1) is 0 Å². The van der Waals surface area contributed by atoms with E-state index in [0.29, 0.717) is 6.54 Å². The summed E-state index contributed by atoms with van der Waals surface area (Å²) in [5.74, 6) is -0.258. The Morgan fingerprint density at radius 3 is 2.83 bits per heavy atom. The summed E-state index contributed by atoms with van der Waals surface area (Å²) < 4.78 is 13.2. The number of rotatable bonds is 5. The number of likely N-dealkylation sites (tertiary alicyclic amines) is 1. The lowest BCUT2D eigenvalue weighted by molar-refractivity contribution is -0.128. The van der Waals surface area contributed by atoms with E-state index >= 15 is 0 Å². The van der Waals surface area contributed by atoms with Gasteiger partial charge >= 0.3 is 0 Å². The maximum absolute atomic E-state index is 13.2. The Morgan fingerprint density at radius 2 is 2.04 bits per heavy atom. The number of aromatic nitrogens is 1. The second-order valence-electron chi connectivity index (χ2n) is 6.19. The van der Waals surface area contributed by atoms with Crippen LogP contribution in [0.5, 0.6) is 0 Å². The number of hydrogen-bond acceptors (Lipinski definition) is 3. The highest BCUT2D eigenvalue weighted by atomic mass is 19.1. The Labute approximate surface area is 141 Å². The SMILES string of the molecule is O=C(NCc1cccc(F)c1)[C@@H]1CCCCN1Cc1ccncc1. The topological polar surface area (TPSA) is 45.2 Å². The average molecular weight is 327 g/mol. The highest BCUT2D eigenvalue weighted by Crippen LogP contribution is 2.20. The number of carbonyl (C=O) groups excluding carboxylic acids is 1. The molecule has 2 aromatic rings. The van der Waals surface area contributed by atoms with Crippen LogP contribution in [0.3, 0.4) is 0 Å². The van der Waals surface area contributed by atoms with Crippen LogP contribution in [0.2, 0.25) is 0 Å². The van der Waals surface area contributed by atoms with Crippen molar-refractivity contribution < 1.29 is 9.18 Å². The zero-order valence-electron chi connectivity index (χ0n) is 13.6. The number of amides is 1. The summed E-state index contributed by atoms with van der Waals surface area (Å²) in [6, 6.07) is 10.2. The molecular formula is C19H22FN3O. The van der Waals surface area contributed by atoms with Gasteiger partial charge in [0.1, 0.15) is 5.82 Å². The minimum absolute atomic E-state index is 0.0213. The Balaban J connectivity index is 1.60. The lowest BCUT2D eigenvalue weighted by Gasteiger charge is -2.34. The van der Waals surface area contributed by atoms with Crippen LogP contribution in [0.4, 0.5) is 4.39 Å². The van der Waals surface area contributed by atoms with Gasteiger partial charge in [0.2, 0.25) is 5.91 Å². The largest absolute Gasteiger partial charge is 0.351 e. The summed E-state index contributed by atoms with van der Waals surface area (Å²) in [5, 5.41) is 2.95. The summed E-state index contributed by atoms with van der Waals surface area (Å²) in [6.07, 6.45) is 6.58. The molecular weight excluding hydrogens is 305 g/mol. The maximum atomic E-state index is 13.2. The molecule has 5 heteroatoms. The molecule has 1 aromatic carbocycles. The fraction of sp³-hybridized carbons (Fsp3) is 0.368. The third-order valence-corrected chi connectivity index (χ3v) is 4.41. The van der Waals surface area contributed by atoms with Crippen molar-refractivity contribution in [3.63, 3.8) is 0 Å². The number of benzene rings is 1. The number of piperidine rings is 1. The second kappa shape index (κ2) is 8.02. The predicted octanol–water partition coefficient (Wildman–Crippen LogP) is 2.89. The lowest BCUT2D eigenvalue weighted by Crippen LogP contribution is -2.48. The molecule has 1 atom stereocenters. The predicted molar refractivity (Wildman–Crippen MR) is 90.5 cm³/mol. The molecule has 0 spiro atoms. The number of hydrogen-bond donors (Lipinski definition) is 1. The van der Waals surface area contributed by atoms with Crippen molar-refractivity contribution in [2.45, 2.75) is 38.4 Å². The van der Waals surface area contributed by atoms with Crippen molar-refractivity contribution in [3.8, 4) is 0 Å². The Bertz CT molecular complexity index is 677. The van der Waals surface area contributed by atoms with Gasteiger partial charge in [-0.25, -0.2) is 4.39 Å². The van der Waals surface area contributed by atoms with Crippen LogP contribution < -0.4 is 5.32 Å². The van der Waals surface area contributed by atoms with Gasteiger partial charge in [0.25, 0.3) is 0 Å². The molecule has 1 fully saturated rings. The van der Waals surface area contributed by atoms with Crippen molar-refractivity contribution in [2.24, 2.45) is 0 Å². The minimum atomic E-state index is -0.279. The van der Waals surface area contributed by atoms with Gasteiger partial charge in [-0.3, -0.25) is 14.7 Å². The van der Waals surface area contributed by atoms with Crippen LogP contribution >= 0.6 is 0 Å². The van der Waals surface area contributed by atoms with Gasteiger partial charge in [-0.05, 0) is 54.8 Å². The molecule has 2 heterocycles. The van der Waals surface area contributed by atoms with Crippen LogP contribution in [-0.2, 0) is 17.9 Å². The van der Waals surface area contributed by atoms with Crippen LogP contribution in [0.15, 0.2) is 48.8 Å². The number of carbonyl (C=O) groups is 1. The lowest BCUT2D eigenvalue weighted by atomic mass is 10.0. The van der Waals surface area contributed by atoms with E-state index in [1.165, 1.54) is 12.1 Å². The van der Waals surface area contributed by atoms with Gasteiger partial charge in [-0.2, -0.15) is 0 Å². The molecule has 0 saturated carbocycles. The monoisotopic (exact) mass is 327 g/mol. The standard InChI is InChI=1S/C19H22FN3O/c20-17-5-3-4-16(12-17)13-22-19(24)18-6-1-2-11-23(18)14-15-7-9-21-10-8-15/h3-5,7-10,12,18H,1-2,6,11,13-14H2,(H,22,24)/t18-/m0/s1. The molecule has 24 heavy (non-hydrogen) atoms. The van der Waals surface area contributed by atoms with Crippen LogP contribution in [0.1, 0.15) is 30.4 Å². The first-order valence-electron chi connectivity index (χ1n) is 8.37. The number of nitrogens with zero attached hydrogens (tertiary/aromatic N) is 2. The van der Waals surface area contributed by atoms with Crippen LogP contribution in [-0.4, -0.2) is 28.4 Å². The molecule has 126 valence electrons. The van der Waals surface area contributed by atoms with Crippen molar-refractivity contribution in [1.82, 2.24) is 15.2 Å². The normalized spacial score (nSPS) is 18.3. The Kier molecular flexibility index (Phi) is 5.54. The molecule has 1 N–H and O–H groups in total.